The molecule has 0 saturated carbocycles. The molecule has 0 bridgehead atoms. The van der Waals surface area contributed by atoms with E-state index in [9.17, 15) is 79.0 Å². The van der Waals surface area contributed by atoms with E-state index in [0.29, 0.717) is 0 Å². The van der Waals surface area contributed by atoms with Crippen LogP contribution in [-0.2, 0) is 9.47 Å². The van der Waals surface area contributed by atoms with Crippen LogP contribution in [0.5, 0.6) is 0 Å². The third-order valence-electron chi connectivity index (χ3n) is 3.69. The van der Waals surface area contributed by atoms with Gasteiger partial charge in [0.25, 0.3) is 0 Å². The van der Waals surface area contributed by atoms with Gasteiger partial charge in [0.2, 0.25) is 0 Å². The minimum Gasteiger partial charge on any atom is -0.388 e. The molecule has 0 amide bonds. The molecular weight excluding hydrogens is 546 g/mol. The summed E-state index contributed by atoms with van der Waals surface area (Å²) in [5.41, 5.74) is 0. The molecule has 0 aromatic heterocycles. The molecule has 206 valence electrons. The monoisotopic (exact) mass is 556 g/mol. The maximum Gasteiger partial charge on any atom is 0.426 e. The first kappa shape index (κ1) is 32.6. The summed E-state index contributed by atoms with van der Waals surface area (Å²) in [6, 6.07) is 0. The van der Waals surface area contributed by atoms with Crippen LogP contribution in [-0.4, -0.2) is 85.5 Å². The number of alkyl halides is 18. The molecule has 0 saturated heterocycles. The zero-order chi connectivity index (χ0) is 27.8. The average Bonchev–Trinajstić information content (AvgIpc) is 2.69. The first-order valence-corrected chi connectivity index (χ1v) is 7.83. The van der Waals surface area contributed by atoms with E-state index in [1.807, 2.05) is 0 Å². The summed E-state index contributed by atoms with van der Waals surface area (Å²) < 4.78 is 236. The van der Waals surface area contributed by atoms with E-state index >= 15 is 0 Å². The first-order valence-electron chi connectivity index (χ1n) is 7.83. The van der Waals surface area contributed by atoms with Gasteiger partial charge in [0, 0.05) is 0 Å². The van der Waals surface area contributed by atoms with Gasteiger partial charge in [-0.3, -0.25) is 0 Å². The van der Waals surface area contributed by atoms with Crippen LogP contribution in [0, 0.1) is 0 Å². The molecule has 0 heterocycles. The normalized spacial score (nSPS) is 15.9. The second-order valence-corrected chi connectivity index (χ2v) is 6.28. The molecule has 0 unspecified atom stereocenters. The lowest BCUT2D eigenvalue weighted by molar-refractivity contribution is -0.436. The van der Waals surface area contributed by atoms with Gasteiger partial charge in [0.1, 0.15) is 6.10 Å². The van der Waals surface area contributed by atoms with Gasteiger partial charge in [-0.1, -0.05) is 0 Å². The number of aliphatic hydroxyl groups excluding tert-OH is 1. The summed E-state index contributed by atoms with van der Waals surface area (Å²) >= 11 is 0. The van der Waals surface area contributed by atoms with E-state index in [1.165, 1.54) is 0 Å². The van der Waals surface area contributed by atoms with E-state index < -0.39 is 80.4 Å². The predicted octanol–water partition coefficient (Wildman–Crippen LogP) is 5.32. The minimum absolute atomic E-state index is 2.61. The van der Waals surface area contributed by atoms with Gasteiger partial charge >= 0.3 is 47.8 Å². The van der Waals surface area contributed by atoms with Crippen molar-refractivity contribution in [3.05, 3.63) is 0 Å². The number of hydrogen-bond acceptors (Lipinski definition) is 3. The Hall–Kier alpha value is -1.38. The molecule has 0 spiro atoms. The molecule has 0 aliphatic heterocycles. The average molecular weight is 556 g/mol. The number of ether oxygens (including phenoxy) is 2. The highest BCUT2D eigenvalue weighted by atomic mass is 19.4. The highest BCUT2D eigenvalue weighted by molar-refractivity contribution is 5.01. The van der Waals surface area contributed by atoms with Crippen molar-refractivity contribution in [2.75, 3.05) is 26.6 Å². The lowest BCUT2D eigenvalue weighted by Gasteiger charge is -2.36. The Morgan fingerprint density at radius 2 is 0.706 bits per heavy atom. The number of hydrogen-bond donors (Lipinski definition) is 1. The molecule has 0 radical (unpaired) electrons. The van der Waals surface area contributed by atoms with Crippen LogP contribution in [0.3, 0.4) is 0 Å². The van der Waals surface area contributed by atoms with Gasteiger partial charge in [0.05, 0.1) is 13.2 Å². The van der Waals surface area contributed by atoms with Crippen molar-refractivity contribution in [3.8, 4) is 0 Å². The third-order valence-corrected chi connectivity index (χ3v) is 3.69. The number of rotatable bonds is 14. The molecule has 0 atom stereocenters. The Balaban J connectivity index is 5.42. The van der Waals surface area contributed by atoms with Crippen LogP contribution in [0.15, 0.2) is 0 Å². The summed E-state index contributed by atoms with van der Waals surface area (Å²) in [5.74, 6) is -41.7. The fourth-order valence-electron chi connectivity index (χ4n) is 1.62. The molecular formula is C13H10F18O3. The first-order chi connectivity index (χ1) is 14.7. The minimum atomic E-state index is -7.26. The molecule has 1 N–H and O–H groups in total. The lowest BCUT2D eigenvalue weighted by atomic mass is 10.0. The third kappa shape index (κ3) is 5.39. The maximum atomic E-state index is 13.2. The topological polar surface area (TPSA) is 38.7 Å². The van der Waals surface area contributed by atoms with Gasteiger partial charge in [-0.2, -0.15) is 70.2 Å². The molecule has 0 aromatic carbocycles. The zero-order valence-electron chi connectivity index (χ0n) is 15.5. The van der Waals surface area contributed by atoms with Gasteiger partial charge in [-0.05, 0) is 0 Å². The fraction of sp³-hybridized carbons (Fsp3) is 1.00. The largest absolute Gasteiger partial charge is 0.426 e. The lowest BCUT2D eigenvalue weighted by Crippen LogP contribution is -2.64. The van der Waals surface area contributed by atoms with E-state index in [0.717, 1.165) is 0 Å². The van der Waals surface area contributed by atoms with Crippen molar-refractivity contribution >= 4 is 0 Å². The van der Waals surface area contributed by atoms with E-state index in [4.69, 9.17) is 5.11 Å². The van der Waals surface area contributed by atoms with Gasteiger partial charge in [-0.15, -0.1) is 0 Å². The van der Waals surface area contributed by atoms with Gasteiger partial charge < -0.3 is 14.6 Å². The molecule has 0 aliphatic carbocycles. The Labute approximate surface area is 175 Å². The van der Waals surface area contributed by atoms with Crippen LogP contribution in [0.4, 0.5) is 79.0 Å². The van der Waals surface area contributed by atoms with Crippen LogP contribution < -0.4 is 0 Å². The van der Waals surface area contributed by atoms with Crippen LogP contribution in [0.25, 0.3) is 0 Å². The standard InChI is InChI=1S/C13H10F18O3/c14-3-6(16,17)8(20,21)10(24,25)12(28,29)33-1-5(32)2-34-13(30,31)11(26,27)9(22,23)7(18,19)4-15/h5,32H,1-4H2. The SMILES string of the molecule is OC(COC(F)(F)C(F)(F)C(F)(F)C(F)(F)CF)COC(F)(F)C(F)(F)C(F)(F)C(F)(F)CF. The Kier molecular flexibility index (Phi) is 9.19. The van der Waals surface area contributed by atoms with Crippen molar-refractivity contribution < 1.29 is 93.6 Å². The molecule has 21 heteroatoms. The zero-order valence-corrected chi connectivity index (χ0v) is 15.5. The quantitative estimate of drug-likeness (QED) is 0.295. The highest BCUT2D eigenvalue weighted by Crippen LogP contribution is 2.54. The molecule has 0 aromatic rings. The molecule has 3 nitrogen and oxygen atoms in total. The molecule has 0 rings (SSSR count). The van der Waals surface area contributed by atoms with Crippen molar-refractivity contribution in [2.24, 2.45) is 0 Å². The van der Waals surface area contributed by atoms with Gasteiger partial charge in [-0.25, -0.2) is 8.78 Å². The molecule has 34 heavy (non-hydrogen) atoms. The number of halogens is 18. The maximum absolute atomic E-state index is 13.2. The summed E-state index contributed by atoms with van der Waals surface area (Å²) in [6.45, 7) is -12.4. The second kappa shape index (κ2) is 9.58. The van der Waals surface area contributed by atoms with Crippen molar-refractivity contribution in [2.45, 2.75) is 53.9 Å². The highest BCUT2D eigenvalue weighted by Gasteiger charge is 2.83. The summed E-state index contributed by atoms with van der Waals surface area (Å²) in [6.07, 6.45) is -16.8. The predicted molar refractivity (Wildman–Crippen MR) is 69.4 cm³/mol. The second-order valence-electron chi connectivity index (χ2n) is 6.28. The van der Waals surface area contributed by atoms with Crippen LogP contribution >= 0.6 is 0 Å². The van der Waals surface area contributed by atoms with E-state index in [-0.39, 0.29) is 0 Å². The number of aliphatic hydroxyl groups is 1. The Morgan fingerprint density at radius 3 is 0.912 bits per heavy atom. The van der Waals surface area contributed by atoms with E-state index in [2.05, 4.69) is 9.47 Å². The molecule has 0 fully saturated rings. The van der Waals surface area contributed by atoms with Crippen LogP contribution in [0.1, 0.15) is 0 Å². The van der Waals surface area contributed by atoms with Gasteiger partial charge in [0.15, 0.2) is 13.3 Å². The van der Waals surface area contributed by atoms with Crippen molar-refractivity contribution in [1.82, 2.24) is 0 Å². The smallest absolute Gasteiger partial charge is 0.388 e. The van der Waals surface area contributed by atoms with Crippen molar-refractivity contribution in [1.29, 1.82) is 0 Å². The van der Waals surface area contributed by atoms with E-state index in [1.54, 1.807) is 0 Å². The summed E-state index contributed by atoms with van der Waals surface area (Å²) in [5, 5.41) is 8.93. The molecule has 0 aliphatic rings. The summed E-state index contributed by atoms with van der Waals surface area (Å²) in [4.78, 5) is 0. The van der Waals surface area contributed by atoms with Crippen LogP contribution in [0.2, 0.25) is 0 Å². The Morgan fingerprint density at radius 1 is 0.471 bits per heavy atom. The van der Waals surface area contributed by atoms with Crippen molar-refractivity contribution in [3.63, 3.8) is 0 Å². The fourth-order valence-corrected chi connectivity index (χ4v) is 1.62. The summed E-state index contributed by atoms with van der Waals surface area (Å²) in [7, 11) is 0. The Bertz CT molecular complexity index is 622.